The van der Waals surface area contributed by atoms with E-state index in [1.54, 1.807) is 18.9 Å². The van der Waals surface area contributed by atoms with E-state index in [1.165, 1.54) is 9.79 Å². The van der Waals surface area contributed by atoms with Crippen LogP contribution in [0.4, 0.5) is 0 Å². The summed E-state index contributed by atoms with van der Waals surface area (Å²) in [6.07, 6.45) is 0. The molecule has 0 spiro atoms. The van der Waals surface area contributed by atoms with Gasteiger partial charge in [0, 0.05) is 0 Å². The monoisotopic (exact) mass is 138 g/mol. The number of rotatable bonds is 1. The molecule has 0 saturated heterocycles. The lowest BCUT2D eigenvalue weighted by Crippen LogP contribution is -1.95. The Morgan fingerprint density at radius 3 is 2.33 bits per heavy atom. The number of benzene rings is 1. The summed E-state index contributed by atoms with van der Waals surface area (Å²) in [4.78, 5) is 2.52. The van der Waals surface area contributed by atoms with Gasteiger partial charge in [-0.25, -0.2) is 0 Å². The third-order valence-electron chi connectivity index (χ3n) is 1.37. The number of hydrogen-bond donors (Lipinski definition) is 0. The Bertz CT molecular complexity index is 224. The van der Waals surface area contributed by atoms with Gasteiger partial charge >= 0.3 is 0 Å². The molecule has 1 aromatic carbocycles. The second kappa shape index (κ2) is 1.67. The van der Waals surface area contributed by atoms with Crippen molar-refractivity contribution in [2.24, 2.45) is 0 Å². The molecule has 0 unspecified atom stereocenters. The van der Waals surface area contributed by atoms with E-state index in [9.17, 15) is 0 Å². The summed E-state index contributed by atoms with van der Waals surface area (Å²) >= 11 is 1.78. The maximum absolute atomic E-state index is 5.09. The largest absolute Gasteiger partial charge is 0.494 e. The average molecular weight is 138 g/mol. The van der Waals surface area contributed by atoms with Crippen LogP contribution in [-0.2, 0) is 0 Å². The molecule has 9 heavy (non-hydrogen) atoms. The smallest absolute Gasteiger partial charge is 0.146 e. The van der Waals surface area contributed by atoms with Crippen LogP contribution >= 0.6 is 11.8 Å². The van der Waals surface area contributed by atoms with Gasteiger partial charge in [-0.15, -0.1) is 0 Å². The summed E-state index contributed by atoms with van der Waals surface area (Å²) in [6.45, 7) is 0. The van der Waals surface area contributed by atoms with Gasteiger partial charge in [-0.2, -0.15) is 0 Å². The lowest BCUT2D eigenvalue weighted by atomic mass is 10.3. The molecular formula is C7H6OS. The molecule has 0 N–H and O–H groups in total. The Labute approximate surface area is 58.0 Å². The fourth-order valence-corrected chi connectivity index (χ4v) is 1.88. The Morgan fingerprint density at radius 2 is 2.00 bits per heavy atom. The normalized spacial score (nSPS) is 12.6. The van der Waals surface area contributed by atoms with E-state index in [1.807, 2.05) is 6.07 Å². The summed E-state index contributed by atoms with van der Waals surface area (Å²) in [5.41, 5.74) is 0. The average Bonchev–Trinajstić information content (AvgIpc) is 1.90. The minimum absolute atomic E-state index is 1.06. The first-order chi connectivity index (χ1) is 4.42. The van der Waals surface area contributed by atoms with E-state index < -0.39 is 0 Å². The molecule has 2 heteroatoms. The molecule has 0 aromatic heterocycles. The van der Waals surface area contributed by atoms with Crippen LogP contribution in [0.2, 0.25) is 0 Å². The maximum atomic E-state index is 5.09. The Kier molecular flexibility index (Phi) is 0.963. The number of fused-ring (bicyclic) bond motifs is 2. The van der Waals surface area contributed by atoms with Crippen molar-refractivity contribution in [3.63, 3.8) is 0 Å². The molecule has 0 fully saturated rings. The minimum atomic E-state index is 1.06. The van der Waals surface area contributed by atoms with Crippen molar-refractivity contribution in [3.8, 4) is 5.75 Å². The first kappa shape index (κ1) is 5.18. The molecule has 0 atom stereocenters. The van der Waals surface area contributed by atoms with E-state index in [0.717, 1.165) is 5.75 Å². The Hall–Kier alpha value is -0.630. The van der Waals surface area contributed by atoms with Crippen LogP contribution in [0.1, 0.15) is 0 Å². The van der Waals surface area contributed by atoms with Gasteiger partial charge < -0.3 is 4.74 Å². The van der Waals surface area contributed by atoms with Crippen LogP contribution in [0, 0.1) is 0 Å². The highest BCUT2D eigenvalue weighted by molar-refractivity contribution is 8.00. The SMILES string of the molecule is COc1c2cccc1S2. The van der Waals surface area contributed by atoms with Gasteiger partial charge in [-0.05, 0) is 12.1 Å². The van der Waals surface area contributed by atoms with Gasteiger partial charge in [0.25, 0.3) is 0 Å². The molecule has 0 saturated carbocycles. The summed E-state index contributed by atoms with van der Waals surface area (Å²) in [7, 11) is 1.71. The van der Waals surface area contributed by atoms with Crippen molar-refractivity contribution in [1.29, 1.82) is 0 Å². The zero-order valence-electron chi connectivity index (χ0n) is 5.05. The first-order valence-electron chi connectivity index (χ1n) is 2.76. The van der Waals surface area contributed by atoms with E-state index >= 15 is 0 Å². The Balaban J connectivity index is 2.55. The first-order valence-corrected chi connectivity index (χ1v) is 3.58. The topological polar surface area (TPSA) is 9.23 Å². The molecule has 0 radical (unpaired) electrons. The molecule has 1 nitrogen and oxygen atoms in total. The zero-order valence-corrected chi connectivity index (χ0v) is 5.87. The minimum Gasteiger partial charge on any atom is -0.494 e. The van der Waals surface area contributed by atoms with Crippen LogP contribution in [-0.4, -0.2) is 7.11 Å². The number of hydrogen-bond acceptors (Lipinski definition) is 2. The lowest BCUT2D eigenvalue weighted by molar-refractivity contribution is 0.389. The van der Waals surface area contributed by atoms with E-state index in [4.69, 9.17) is 4.74 Å². The maximum Gasteiger partial charge on any atom is 0.146 e. The molecule has 46 valence electrons. The van der Waals surface area contributed by atoms with E-state index in [0.29, 0.717) is 0 Å². The molecule has 1 aromatic rings. The van der Waals surface area contributed by atoms with Crippen LogP contribution in [0.25, 0.3) is 0 Å². The zero-order chi connectivity index (χ0) is 6.27. The van der Waals surface area contributed by atoms with Gasteiger partial charge in [-0.1, -0.05) is 17.8 Å². The van der Waals surface area contributed by atoms with E-state index in [2.05, 4.69) is 12.1 Å². The third-order valence-corrected chi connectivity index (χ3v) is 2.45. The number of para-hydroxylation sites is 1. The predicted octanol–water partition coefficient (Wildman–Crippen LogP) is 2.16. The van der Waals surface area contributed by atoms with Crippen molar-refractivity contribution in [1.82, 2.24) is 0 Å². The quantitative estimate of drug-likeness (QED) is 0.597. The van der Waals surface area contributed by atoms with Crippen LogP contribution in [0.5, 0.6) is 5.75 Å². The standard InChI is InChI=1S/C7H6OS/c1-8-7-5-3-2-4-6(7)9-5/h2-4H,1H3. The second-order valence-corrected chi connectivity index (χ2v) is 2.97. The van der Waals surface area contributed by atoms with Gasteiger partial charge in [0.05, 0.1) is 16.9 Å². The van der Waals surface area contributed by atoms with Gasteiger partial charge in [0.15, 0.2) is 0 Å². The number of methoxy groups -OCH3 is 1. The second-order valence-electron chi connectivity index (χ2n) is 1.89. The van der Waals surface area contributed by atoms with Crippen LogP contribution < -0.4 is 4.74 Å². The molecule has 3 rings (SSSR count). The van der Waals surface area contributed by atoms with Gasteiger partial charge in [0.1, 0.15) is 5.75 Å². The Morgan fingerprint density at radius 1 is 1.33 bits per heavy atom. The van der Waals surface area contributed by atoms with Crippen molar-refractivity contribution in [3.05, 3.63) is 18.2 Å². The van der Waals surface area contributed by atoms with Crippen molar-refractivity contribution < 1.29 is 4.74 Å². The van der Waals surface area contributed by atoms with Gasteiger partial charge in [0.2, 0.25) is 0 Å². The third kappa shape index (κ3) is 0.566. The molecule has 2 aliphatic rings. The van der Waals surface area contributed by atoms with Crippen molar-refractivity contribution in [2.45, 2.75) is 9.79 Å². The summed E-state index contributed by atoms with van der Waals surface area (Å²) in [6, 6.07) is 6.18. The van der Waals surface area contributed by atoms with E-state index in [-0.39, 0.29) is 0 Å². The highest BCUT2D eigenvalue weighted by Gasteiger charge is 2.19. The lowest BCUT2D eigenvalue weighted by Gasteiger charge is -2.19. The van der Waals surface area contributed by atoms with Crippen LogP contribution in [0.15, 0.2) is 28.0 Å². The van der Waals surface area contributed by atoms with Gasteiger partial charge in [-0.3, -0.25) is 0 Å². The highest BCUT2D eigenvalue weighted by Crippen LogP contribution is 2.50. The summed E-state index contributed by atoms with van der Waals surface area (Å²) < 4.78 is 5.09. The molecule has 2 bridgehead atoms. The van der Waals surface area contributed by atoms with Crippen molar-refractivity contribution >= 4 is 11.8 Å². The number of ether oxygens (including phenoxy) is 1. The molecule has 2 heterocycles. The fraction of sp³-hybridized carbons (Fsp3) is 0.143. The van der Waals surface area contributed by atoms with Crippen molar-refractivity contribution in [2.75, 3.05) is 7.11 Å². The summed E-state index contributed by atoms with van der Waals surface area (Å²) in [5, 5.41) is 0. The fourth-order valence-electron chi connectivity index (χ4n) is 0.930. The predicted molar refractivity (Wildman–Crippen MR) is 37.1 cm³/mol. The molecule has 0 aliphatic carbocycles. The molecule has 0 amide bonds. The van der Waals surface area contributed by atoms with Crippen LogP contribution in [0.3, 0.4) is 0 Å². The molecule has 2 aliphatic heterocycles. The summed E-state index contributed by atoms with van der Waals surface area (Å²) in [5.74, 6) is 1.06. The molecular weight excluding hydrogens is 132 g/mol. The highest BCUT2D eigenvalue weighted by atomic mass is 32.2.